The van der Waals surface area contributed by atoms with Crippen LogP contribution in [0.3, 0.4) is 0 Å². The smallest absolute Gasteiger partial charge is 0.119 e. The quantitative estimate of drug-likeness (QED) is 0.611. The van der Waals surface area contributed by atoms with E-state index in [0.29, 0.717) is 5.54 Å². The third-order valence-corrected chi connectivity index (χ3v) is 4.79. The summed E-state index contributed by atoms with van der Waals surface area (Å²) in [7, 11) is -1.06. The van der Waals surface area contributed by atoms with Crippen LogP contribution in [0.25, 0.3) is 0 Å². The zero-order valence-corrected chi connectivity index (χ0v) is 9.21. The van der Waals surface area contributed by atoms with E-state index in [2.05, 4.69) is 45.8 Å². The largest absolute Gasteiger partial charge is 0.333 e. The Kier molecular flexibility index (Phi) is 3.11. The van der Waals surface area contributed by atoms with Gasteiger partial charge in [0, 0.05) is 5.54 Å². The van der Waals surface area contributed by atoms with Crippen molar-refractivity contribution in [2.24, 2.45) is 0 Å². The van der Waals surface area contributed by atoms with Crippen LogP contribution in [0.1, 0.15) is 27.7 Å². The van der Waals surface area contributed by atoms with E-state index in [4.69, 9.17) is 0 Å². The maximum Gasteiger partial charge on any atom is 0.119 e. The van der Waals surface area contributed by atoms with E-state index >= 15 is 0 Å². The summed E-state index contributed by atoms with van der Waals surface area (Å²) < 4.78 is 0. The van der Waals surface area contributed by atoms with E-state index in [9.17, 15) is 0 Å². The molecule has 1 nitrogen and oxygen atoms in total. The van der Waals surface area contributed by atoms with Crippen molar-refractivity contribution in [3.05, 3.63) is 0 Å². The van der Waals surface area contributed by atoms with Gasteiger partial charge in [0.05, 0.1) is 0 Å². The van der Waals surface area contributed by atoms with Crippen molar-refractivity contribution in [3.8, 4) is 0 Å². The van der Waals surface area contributed by atoms with E-state index in [1.165, 1.54) is 6.04 Å². The van der Waals surface area contributed by atoms with Gasteiger partial charge in [-0.2, -0.15) is 0 Å². The maximum atomic E-state index is 3.68. The van der Waals surface area contributed by atoms with Crippen molar-refractivity contribution >= 4 is 8.24 Å². The minimum atomic E-state index is -1.06. The molecule has 0 aromatic carbocycles. The topological polar surface area (TPSA) is 12.0 Å². The molecule has 62 valence electrons. The van der Waals surface area contributed by atoms with Gasteiger partial charge in [0.25, 0.3) is 0 Å². The first-order valence-electron chi connectivity index (χ1n) is 4.06. The summed E-state index contributed by atoms with van der Waals surface area (Å²) in [5, 5.41) is 0. The van der Waals surface area contributed by atoms with Gasteiger partial charge in [-0.3, -0.25) is 0 Å². The molecule has 0 rings (SSSR count). The zero-order valence-electron chi connectivity index (χ0n) is 8.21. The van der Waals surface area contributed by atoms with Crippen LogP contribution in [0.15, 0.2) is 0 Å². The first kappa shape index (κ1) is 10.2. The van der Waals surface area contributed by atoms with Gasteiger partial charge in [0.2, 0.25) is 0 Å². The van der Waals surface area contributed by atoms with Gasteiger partial charge in [-0.25, -0.2) is 0 Å². The molecule has 0 spiro atoms. The van der Waals surface area contributed by atoms with Crippen molar-refractivity contribution in [1.29, 1.82) is 0 Å². The fourth-order valence-corrected chi connectivity index (χ4v) is 3.31. The summed E-state index contributed by atoms with van der Waals surface area (Å²) >= 11 is 0. The van der Waals surface area contributed by atoms with Gasteiger partial charge in [0.15, 0.2) is 0 Å². The minimum Gasteiger partial charge on any atom is -0.333 e. The molecule has 2 heteroatoms. The van der Waals surface area contributed by atoms with E-state index in [1.807, 2.05) is 0 Å². The highest BCUT2D eigenvalue weighted by molar-refractivity contribution is 6.75. The second kappa shape index (κ2) is 3.05. The lowest BCUT2D eigenvalue weighted by Crippen LogP contribution is -2.53. The first-order valence-corrected chi connectivity index (χ1v) is 7.27. The molecule has 0 atom stereocenters. The molecule has 0 aromatic heterocycles. The Morgan fingerprint density at radius 1 is 1.20 bits per heavy atom. The van der Waals surface area contributed by atoms with Crippen LogP contribution >= 0.6 is 0 Å². The lowest BCUT2D eigenvalue weighted by Gasteiger charge is -2.32. The molecule has 0 aliphatic carbocycles. The summed E-state index contributed by atoms with van der Waals surface area (Å²) in [6.07, 6.45) is 0. The van der Waals surface area contributed by atoms with Crippen LogP contribution in [0, 0.1) is 0 Å². The molecule has 1 N–H and O–H groups in total. The van der Waals surface area contributed by atoms with Gasteiger partial charge >= 0.3 is 0 Å². The van der Waals surface area contributed by atoms with E-state index in [0.717, 1.165) is 0 Å². The Bertz CT molecular complexity index is 102. The molecule has 0 unspecified atom stereocenters. The highest BCUT2D eigenvalue weighted by atomic mass is 28.3. The van der Waals surface area contributed by atoms with Crippen LogP contribution in [0.4, 0.5) is 0 Å². The molecule has 0 amide bonds. The number of hydrogen-bond acceptors (Lipinski definition) is 1. The molecule has 0 aliphatic heterocycles. The van der Waals surface area contributed by atoms with Crippen LogP contribution in [0.5, 0.6) is 0 Å². The lowest BCUT2D eigenvalue weighted by molar-refractivity contribution is 0.511. The van der Waals surface area contributed by atoms with Crippen LogP contribution in [-0.2, 0) is 0 Å². The van der Waals surface area contributed by atoms with Gasteiger partial charge < -0.3 is 4.98 Å². The molecule has 0 aliphatic rings. The zero-order chi connectivity index (χ0) is 8.41. The average molecular weight is 159 g/mol. The Morgan fingerprint density at radius 2 is 1.60 bits per heavy atom. The molecule has 0 aromatic rings. The van der Waals surface area contributed by atoms with Crippen molar-refractivity contribution < 1.29 is 0 Å². The minimum absolute atomic E-state index is 0.297. The molecule has 0 bridgehead atoms. The van der Waals surface area contributed by atoms with Gasteiger partial charge in [-0.05, 0) is 26.8 Å². The molecular formula is C8H21NSi. The summed E-state index contributed by atoms with van der Waals surface area (Å²) in [5.74, 6) is 0. The van der Waals surface area contributed by atoms with E-state index in [-0.39, 0.29) is 0 Å². The Labute approximate surface area is 66.3 Å². The molecule has 10 heavy (non-hydrogen) atoms. The summed E-state index contributed by atoms with van der Waals surface area (Å²) in [5.41, 5.74) is 0.297. The highest BCUT2D eigenvalue weighted by Gasteiger charge is 2.23. The summed E-state index contributed by atoms with van der Waals surface area (Å²) in [6, 6.07) is 1.31. The fraction of sp³-hybridized carbons (Fsp3) is 1.00. The first-order chi connectivity index (χ1) is 4.27. The third kappa shape index (κ3) is 5.00. The summed E-state index contributed by atoms with van der Waals surface area (Å²) in [6.45, 7) is 13.7. The molecule has 0 saturated heterocycles. The van der Waals surface area contributed by atoms with E-state index in [1.54, 1.807) is 0 Å². The Morgan fingerprint density at radius 3 is 1.70 bits per heavy atom. The maximum absolute atomic E-state index is 3.68. The fourth-order valence-electron chi connectivity index (χ4n) is 1.10. The monoisotopic (exact) mass is 159 g/mol. The molecule has 0 fully saturated rings. The molecule has 0 radical (unpaired) electrons. The number of rotatable bonds is 2. The van der Waals surface area contributed by atoms with Crippen molar-refractivity contribution in [2.75, 3.05) is 0 Å². The standard InChI is InChI=1S/C8H21NSi/c1-7-10(5,6)9-8(2,3)4/h9H,7H2,1-6H3. The predicted octanol–water partition coefficient (Wildman–Crippen LogP) is 2.60. The molecular weight excluding hydrogens is 138 g/mol. The molecule has 0 saturated carbocycles. The van der Waals surface area contributed by atoms with Crippen LogP contribution in [-0.4, -0.2) is 13.8 Å². The lowest BCUT2D eigenvalue weighted by atomic mass is 10.1. The Balaban J connectivity index is 3.89. The van der Waals surface area contributed by atoms with Crippen LogP contribution in [0.2, 0.25) is 19.1 Å². The summed E-state index contributed by atoms with van der Waals surface area (Å²) in [4.78, 5) is 3.68. The number of hydrogen-bond donors (Lipinski definition) is 1. The highest BCUT2D eigenvalue weighted by Crippen LogP contribution is 2.10. The van der Waals surface area contributed by atoms with Crippen molar-refractivity contribution in [2.45, 2.75) is 52.4 Å². The second-order valence-corrected chi connectivity index (χ2v) is 9.34. The van der Waals surface area contributed by atoms with E-state index < -0.39 is 8.24 Å². The third-order valence-electron chi connectivity index (χ3n) is 1.60. The van der Waals surface area contributed by atoms with Gasteiger partial charge in [0.1, 0.15) is 8.24 Å². The Hall–Kier alpha value is 0.177. The van der Waals surface area contributed by atoms with Crippen LogP contribution < -0.4 is 4.98 Å². The van der Waals surface area contributed by atoms with Gasteiger partial charge in [-0.15, -0.1) is 0 Å². The van der Waals surface area contributed by atoms with Gasteiger partial charge in [-0.1, -0.05) is 20.0 Å². The number of nitrogens with one attached hydrogen (secondary N) is 1. The van der Waals surface area contributed by atoms with Crippen molar-refractivity contribution in [3.63, 3.8) is 0 Å². The molecule has 0 heterocycles. The average Bonchev–Trinajstić information content (AvgIpc) is 1.60. The predicted molar refractivity (Wildman–Crippen MR) is 50.9 cm³/mol. The second-order valence-electron chi connectivity index (χ2n) is 4.61. The SMILES string of the molecule is CC[Si](C)(C)NC(C)(C)C. The normalized spacial score (nSPS) is 13.8. The van der Waals surface area contributed by atoms with Crippen molar-refractivity contribution in [1.82, 2.24) is 4.98 Å².